The van der Waals surface area contributed by atoms with Crippen molar-refractivity contribution in [3.63, 3.8) is 0 Å². The first kappa shape index (κ1) is 16.3. The molecule has 126 valence electrons. The molecule has 2 heterocycles. The zero-order valence-corrected chi connectivity index (χ0v) is 14.6. The topological polar surface area (TPSA) is 64.3 Å². The van der Waals surface area contributed by atoms with Crippen molar-refractivity contribution < 1.29 is 8.42 Å². The van der Waals surface area contributed by atoms with Crippen molar-refractivity contribution in [2.75, 3.05) is 6.54 Å². The van der Waals surface area contributed by atoms with Gasteiger partial charge in [0.05, 0.1) is 15.9 Å². The molecule has 1 aromatic heterocycles. The third-order valence-corrected chi connectivity index (χ3v) is 6.84. The molecule has 6 nitrogen and oxygen atoms in total. The van der Waals surface area contributed by atoms with Crippen molar-refractivity contribution in [3.8, 4) is 0 Å². The lowest BCUT2D eigenvalue weighted by Gasteiger charge is -2.34. The summed E-state index contributed by atoms with van der Waals surface area (Å²) in [5.41, 5.74) is 1.23. The highest BCUT2D eigenvalue weighted by Crippen LogP contribution is 2.28. The molecule has 1 fully saturated rings. The van der Waals surface area contributed by atoms with Crippen molar-refractivity contribution in [3.05, 3.63) is 28.7 Å². The summed E-state index contributed by atoms with van der Waals surface area (Å²) in [7, 11) is -0.172. The highest BCUT2D eigenvalue weighted by atomic mass is 32.2. The summed E-state index contributed by atoms with van der Waals surface area (Å²) in [5, 5.41) is 0. The maximum Gasteiger partial charge on any atom is 0.328 e. The molecular weight excluding hydrogens is 314 g/mol. The first-order valence-electron chi connectivity index (χ1n) is 8.05. The first-order chi connectivity index (χ1) is 10.9. The lowest BCUT2D eigenvalue weighted by atomic mass is 10.0. The highest BCUT2D eigenvalue weighted by Gasteiger charge is 2.32. The Morgan fingerprint density at radius 1 is 1.13 bits per heavy atom. The molecule has 0 radical (unpaired) electrons. The van der Waals surface area contributed by atoms with Crippen molar-refractivity contribution >= 4 is 21.1 Å². The summed E-state index contributed by atoms with van der Waals surface area (Å²) in [5.74, 6) is 0. The van der Waals surface area contributed by atoms with Gasteiger partial charge in [0.25, 0.3) is 0 Å². The van der Waals surface area contributed by atoms with Gasteiger partial charge in [0.2, 0.25) is 10.0 Å². The summed E-state index contributed by atoms with van der Waals surface area (Å²) in [6, 6.07) is 5.02. The minimum atomic E-state index is -3.53. The van der Waals surface area contributed by atoms with Crippen LogP contribution in [0.1, 0.15) is 32.6 Å². The second kappa shape index (κ2) is 5.79. The van der Waals surface area contributed by atoms with E-state index >= 15 is 0 Å². The number of aromatic nitrogens is 2. The summed E-state index contributed by atoms with van der Waals surface area (Å²) < 4.78 is 30.7. The van der Waals surface area contributed by atoms with Gasteiger partial charge in [-0.3, -0.25) is 9.13 Å². The standard InChI is InChI=1S/C16H23N3O3S/c1-4-12-7-5-6-10-19(12)23(21,22)13-8-9-14-15(11-13)18(3)16(20)17(14)2/h8-9,11-12H,4-7,10H2,1-3H3/t12-/m0/s1. The van der Waals surface area contributed by atoms with E-state index in [1.165, 1.54) is 9.13 Å². The smallest absolute Gasteiger partial charge is 0.295 e. The molecule has 0 amide bonds. The maximum atomic E-state index is 13.0. The summed E-state index contributed by atoms with van der Waals surface area (Å²) >= 11 is 0. The Hall–Kier alpha value is -1.60. The fourth-order valence-corrected chi connectivity index (χ4v) is 5.27. The van der Waals surface area contributed by atoms with E-state index < -0.39 is 10.0 Å². The lowest BCUT2D eigenvalue weighted by Crippen LogP contribution is -2.43. The average molecular weight is 337 g/mol. The molecular formula is C16H23N3O3S. The minimum Gasteiger partial charge on any atom is -0.295 e. The van der Waals surface area contributed by atoms with E-state index in [9.17, 15) is 13.2 Å². The number of nitrogens with zero attached hydrogens (tertiary/aromatic N) is 3. The van der Waals surface area contributed by atoms with Gasteiger partial charge < -0.3 is 0 Å². The van der Waals surface area contributed by atoms with E-state index in [0.29, 0.717) is 12.1 Å². The Morgan fingerprint density at radius 2 is 1.83 bits per heavy atom. The van der Waals surface area contributed by atoms with Crippen molar-refractivity contribution in [1.29, 1.82) is 0 Å². The fraction of sp³-hybridized carbons (Fsp3) is 0.562. The second-order valence-electron chi connectivity index (χ2n) is 6.22. The predicted molar refractivity (Wildman–Crippen MR) is 90.0 cm³/mol. The number of sulfonamides is 1. The van der Waals surface area contributed by atoms with Crippen LogP contribution in [0.5, 0.6) is 0 Å². The second-order valence-corrected chi connectivity index (χ2v) is 8.12. The van der Waals surface area contributed by atoms with Gasteiger partial charge in [-0.05, 0) is 37.5 Å². The molecule has 1 atom stereocenters. The van der Waals surface area contributed by atoms with Gasteiger partial charge in [-0.15, -0.1) is 0 Å². The normalized spacial score (nSPS) is 20.2. The fourth-order valence-electron chi connectivity index (χ4n) is 3.48. The molecule has 0 N–H and O–H groups in total. The Morgan fingerprint density at radius 3 is 2.52 bits per heavy atom. The number of rotatable bonds is 3. The molecule has 0 unspecified atom stereocenters. The average Bonchev–Trinajstić information content (AvgIpc) is 2.79. The number of hydrogen-bond donors (Lipinski definition) is 0. The van der Waals surface area contributed by atoms with Crippen LogP contribution in [-0.4, -0.2) is 34.4 Å². The van der Waals surface area contributed by atoms with Crippen LogP contribution < -0.4 is 5.69 Å². The third-order valence-electron chi connectivity index (χ3n) is 4.89. The van der Waals surface area contributed by atoms with E-state index in [1.807, 2.05) is 6.92 Å². The van der Waals surface area contributed by atoms with Crippen LogP contribution in [-0.2, 0) is 24.1 Å². The lowest BCUT2D eigenvalue weighted by molar-refractivity contribution is 0.246. The van der Waals surface area contributed by atoms with Crippen LogP contribution >= 0.6 is 0 Å². The van der Waals surface area contributed by atoms with Crippen molar-refractivity contribution in [2.45, 2.75) is 43.5 Å². The third kappa shape index (κ3) is 2.52. The number of piperidine rings is 1. The van der Waals surface area contributed by atoms with Crippen LogP contribution in [0.25, 0.3) is 11.0 Å². The molecule has 0 spiro atoms. The molecule has 0 saturated carbocycles. The van der Waals surface area contributed by atoms with E-state index in [0.717, 1.165) is 31.2 Å². The van der Waals surface area contributed by atoms with Crippen LogP contribution in [0.4, 0.5) is 0 Å². The molecule has 1 saturated heterocycles. The molecule has 23 heavy (non-hydrogen) atoms. The Labute approximate surface area is 136 Å². The SMILES string of the molecule is CC[C@H]1CCCCN1S(=O)(=O)c1ccc2c(c1)n(C)c(=O)n2C. The molecule has 0 bridgehead atoms. The largest absolute Gasteiger partial charge is 0.328 e. The molecule has 7 heteroatoms. The van der Waals surface area contributed by atoms with Gasteiger partial charge >= 0.3 is 5.69 Å². The van der Waals surface area contributed by atoms with E-state index in [4.69, 9.17) is 0 Å². The summed E-state index contributed by atoms with van der Waals surface area (Å²) in [4.78, 5) is 12.3. The number of hydrogen-bond acceptors (Lipinski definition) is 3. The van der Waals surface area contributed by atoms with Crippen LogP contribution in [0.15, 0.2) is 27.9 Å². The monoisotopic (exact) mass is 337 g/mol. The van der Waals surface area contributed by atoms with Gasteiger partial charge in [-0.25, -0.2) is 13.2 Å². The zero-order valence-electron chi connectivity index (χ0n) is 13.8. The molecule has 1 aliphatic rings. The Bertz CT molecular complexity index is 895. The Balaban J connectivity index is 2.11. The van der Waals surface area contributed by atoms with Crippen molar-refractivity contribution in [2.24, 2.45) is 14.1 Å². The minimum absolute atomic E-state index is 0.0732. The molecule has 0 aliphatic carbocycles. The molecule has 1 aromatic carbocycles. The molecule has 1 aliphatic heterocycles. The van der Waals surface area contributed by atoms with E-state index in [-0.39, 0.29) is 16.6 Å². The van der Waals surface area contributed by atoms with E-state index in [1.54, 1.807) is 36.6 Å². The van der Waals surface area contributed by atoms with Crippen molar-refractivity contribution in [1.82, 2.24) is 13.4 Å². The van der Waals surface area contributed by atoms with Gasteiger partial charge in [-0.1, -0.05) is 13.3 Å². The number of fused-ring (bicyclic) bond motifs is 1. The van der Waals surface area contributed by atoms with E-state index in [2.05, 4.69) is 0 Å². The highest BCUT2D eigenvalue weighted by molar-refractivity contribution is 7.89. The predicted octanol–water partition coefficient (Wildman–Crippen LogP) is 1.83. The van der Waals surface area contributed by atoms with Crippen LogP contribution in [0, 0.1) is 0 Å². The van der Waals surface area contributed by atoms with Gasteiger partial charge in [0, 0.05) is 26.7 Å². The quantitative estimate of drug-likeness (QED) is 0.858. The summed E-state index contributed by atoms with van der Waals surface area (Å²) in [6.45, 7) is 2.61. The van der Waals surface area contributed by atoms with Gasteiger partial charge in [0.15, 0.2) is 0 Å². The number of benzene rings is 1. The maximum absolute atomic E-state index is 13.0. The first-order valence-corrected chi connectivity index (χ1v) is 9.49. The number of imidazole rings is 1. The number of aryl methyl sites for hydroxylation is 2. The van der Waals surface area contributed by atoms with Crippen LogP contribution in [0.2, 0.25) is 0 Å². The molecule has 3 rings (SSSR count). The van der Waals surface area contributed by atoms with Gasteiger partial charge in [0.1, 0.15) is 0 Å². The summed E-state index contributed by atoms with van der Waals surface area (Å²) in [6.07, 6.45) is 3.73. The Kier molecular flexibility index (Phi) is 4.10. The molecule has 2 aromatic rings. The van der Waals surface area contributed by atoms with Gasteiger partial charge in [-0.2, -0.15) is 4.31 Å². The van der Waals surface area contributed by atoms with Crippen LogP contribution in [0.3, 0.4) is 0 Å². The zero-order chi connectivity index (χ0) is 16.8.